The molecule has 2 aromatic carbocycles. The first kappa shape index (κ1) is 25.2. The summed E-state index contributed by atoms with van der Waals surface area (Å²) in [6, 6.07) is 9.48. The van der Waals surface area contributed by atoms with Crippen LogP contribution in [0.4, 0.5) is 15.8 Å². The minimum Gasteiger partial charge on any atom is -0.467 e. The van der Waals surface area contributed by atoms with Crippen LogP contribution >= 0.6 is 11.6 Å². The Kier molecular flexibility index (Phi) is 9.75. The third kappa shape index (κ3) is 7.30. The van der Waals surface area contributed by atoms with Gasteiger partial charge in [0.2, 0.25) is 0 Å². The van der Waals surface area contributed by atoms with Crippen LogP contribution in [0.1, 0.15) is 23.7 Å². The number of carbonyl (C=O) groups excluding carboxylic acids is 1. The zero-order valence-corrected chi connectivity index (χ0v) is 19.9. The van der Waals surface area contributed by atoms with Crippen LogP contribution in [-0.2, 0) is 9.47 Å². The molecular weight excluding hydrogens is 449 g/mol. The molecule has 0 bridgehead atoms. The van der Waals surface area contributed by atoms with Gasteiger partial charge in [0, 0.05) is 37.5 Å². The van der Waals surface area contributed by atoms with Gasteiger partial charge < -0.3 is 29.3 Å². The Morgan fingerprint density at radius 2 is 1.97 bits per heavy atom. The summed E-state index contributed by atoms with van der Waals surface area (Å²) >= 11 is 6.08. The number of rotatable bonds is 10. The smallest absolute Gasteiger partial charge is 0.259 e. The SMILES string of the molecule is CCN1CCCN(c2ccc(NC(=O)c3cc(Cl)ccc3OCOCCOC)cc2F)CC1. The number of likely N-dealkylation sites (N-methyl/N-ethyl adjacent to an activating group) is 1. The first-order valence-corrected chi connectivity index (χ1v) is 11.5. The van der Waals surface area contributed by atoms with Gasteiger partial charge in [-0.1, -0.05) is 18.5 Å². The molecule has 0 saturated carbocycles. The van der Waals surface area contributed by atoms with E-state index < -0.39 is 5.91 Å². The summed E-state index contributed by atoms with van der Waals surface area (Å²) in [5.74, 6) is -0.506. The van der Waals surface area contributed by atoms with Gasteiger partial charge >= 0.3 is 0 Å². The average molecular weight is 480 g/mol. The third-order valence-electron chi connectivity index (χ3n) is 5.50. The number of amides is 1. The average Bonchev–Trinajstić information content (AvgIpc) is 3.05. The number of halogens is 2. The van der Waals surface area contributed by atoms with E-state index in [0.717, 1.165) is 39.1 Å². The molecule has 2 aromatic rings. The second kappa shape index (κ2) is 12.7. The molecular formula is C24H31ClFN3O4. The van der Waals surface area contributed by atoms with E-state index in [4.69, 9.17) is 25.8 Å². The van der Waals surface area contributed by atoms with E-state index >= 15 is 0 Å². The lowest BCUT2D eigenvalue weighted by atomic mass is 10.1. The van der Waals surface area contributed by atoms with Crippen LogP contribution in [0.25, 0.3) is 0 Å². The molecule has 0 unspecified atom stereocenters. The number of anilines is 2. The largest absolute Gasteiger partial charge is 0.467 e. The van der Waals surface area contributed by atoms with E-state index in [9.17, 15) is 9.18 Å². The molecule has 1 saturated heterocycles. The van der Waals surface area contributed by atoms with Gasteiger partial charge in [0.25, 0.3) is 5.91 Å². The van der Waals surface area contributed by atoms with E-state index in [2.05, 4.69) is 22.0 Å². The Morgan fingerprint density at radius 3 is 2.73 bits per heavy atom. The van der Waals surface area contributed by atoms with Gasteiger partial charge in [-0.2, -0.15) is 0 Å². The van der Waals surface area contributed by atoms with E-state index in [0.29, 0.717) is 35.4 Å². The monoisotopic (exact) mass is 479 g/mol. The van der Waals surface area contributed by atoms with Gasteiger partial charge in [-0.25, -0.2) is 4.39 Å². The second-order valence-corrected chi connectivity index (χ2v) is 8.14. The first-order chi connectivity index (χ1) is 16.0. The van der Waals surface area contributed by atoms with Crippen molar-refractivity contribution in [2.24, 2.45) is 0 Å². The highest BCUT2D eigenvalue weighted by molar-refractivity contribution is 6.31. The van der Waals surface area contributed by atoms with Crippen molar-refractivity contribution in [1.29, 1.82) is 0 Å². The molecule has 1 fully saturated rings. The summed E-state index contributed by atoms with van der Waals surface area (Å²) in [6.07, 6.45) is 0.985. The Bertz CT molecular complexity index is 931. The van der Waals surface area contributed by atoms with Crippen LogP contribution in [0.5, 0.6) is 5.75 Å². The van der Waals surface area contributed by atoms with Crippen molar-refractivity contribution in [3.63, 3.8) is 0 Å². The van der Waals surface area contributed by atoms with Crippen LogP contribution in [0, 0.1) is 5.82 Å². The summed E-state index contributed by atoms with van der Waals surface area (Å²) in [4.78, 5) is 17.3. The maximum absolute atomic E-state index is 14.9. The molecule has 33 heavy (non-hydrogen) atoms. The summed E-state index contributed by atoms with van der Waals surface area (Å²) in [5, 5.41) is 3.12. The predicted molar refractivity (Wildman–Crippen MR) is 128 cm³/mol. The van der Waals surface area contributed by atoms with Gasteiger partial charge in [0.15, 0.2) is 6.79 Å². The fraction of sp³-hybridized carbons (Fsp3) is 0.458. The summed E-state index contributed by atoms with van der Waals surface area (Å²) in [7, 11) is 1.58. The molecule has 0 atom stereocenters. The van der Waals surface area contributed by atoms with E-state index in [-0.39, 0.29) is 18.2 Å². The number of ether oxygens (including phenoxy) is 3. The van der Waals surface area contributed by atoms with Crippen molar-refractivity contribution in [2.45, 2.75) is 13.3 Å². The van der Waals surface area contributed by atoms with Gasteiger partial charge in [-0.05, 0) is 55.9 Å². The summed E-state index contributed by atoms with van der Waals surface area (Å²) < 4.78 is 30.7. The minimum absolute atomic E-state index is 0.0418. The number of carbonyl (C=O) groups is 1. The molecule has 1 aliphatic rings. The molecule has 7 nitrogen and oxygen atoms in total. The van der Waals surface area contributed by atoms with Crippen LogP contribution in [0.3, 0.4) is 0 Å². The zero-order valence-electron chi connectivity index (χ0n) is 19.1. The third-order valence-corrected chi connectivity index (χ3v) is 5.73. The lowest BCUT2D eigenvalue weighted by Gasteiger charge is -2.24. The Balaban J connectivity index is 1.66. The second-order valence-electron chi connectivity index (χ2n) is 7.70. The molecule has 1 aliphatic heterocycles. The van der Waals surface area contributed by atoms with Crippen LogP contribution in [0.15, 0.2) is 36.4 Å². The lowest BCUT2D eigenvalue weighted by molar-refractivity contribution is -0.00872. The van der Waals surface area contributed by atoms with E-state index in [1.54, 1.807) is 31.4 Å². The Morgan fingerprint density at radius 1 is 1.12 bits per heavy atom. The molecule has 0 spiro atoms. The number of nitrogens with one attached hydrogen (secondary N) is 1. The number of hydrogen-bond acceptors (Lipinski definition) is 6. The summed E-state index contributed by atoms with van der Waals surface area (Å²) in [6.45, 7) is 7.39. The number of benzene rings is 2. The van der Waals surface area contributed by atoms with Crippen molar-refractivity contribution >= 4 is 28.9 Å². The highest BCUT2D eigenvalue weighted by Crippen LogP contribution is 2.27. The minimum atomic E-state index is -0.454. The molecule has 1 heterocycles. The van der Waals surface area contributed by atoms with Crippen molar-refractivity contribution in [1.82, 2.24) is 4.90 Å². The van der Waals surface area contributed by atoms with Crippen molar-refractivity contribution < 1.29 is 23.4 Å². The predicted octanol–water partition coefficient (Wildman–Crippen LogP) is 4.26. The highest BCUT2D eigenvalue weighted by Gasteiger charge is 2.19. The quantitative estimate of drug-likeness (QED) is 0.406. The van der Waals surface area contributed by atoms with Crippen LogP contribution < -0.4 is 15.0 Å². The maximum atomic E-state index is 14.9. The fourth-order valence-electron chi connectivity index (χ4n) is 3.68. The molecule has 0 aliphatic carbocycles. The number of methoxy groups -OCH3 is 1. The standard InChI is InChI=1S/C24H31ClFN3O4/c1-3-28-9-4-10-29(12-11-28)22-7-6-19(16-21(22)26)27-24(30)20-15-18(25)5-8-23(20)33-17-32-14-13-31-2/h5-8,15-16H,3-4,9-14,17H2,1-2H3,(H,27,30). The number of nitrogens with zero attached hydrogens (tertiary/aromatic N) is 2. The molecule has 3 rings (SSSR count). The van der Waals surface area contributed by atoms with Crippen LogP contribution in [0.2, 0.25) is 5.02 Å². The molecule has 0 aromatic heterocycles. The van der Waals surface area contributed by atoms with Gasteiger partial charge in [0.05, 0.1) is 24.5 Å². The Labute approximate surface area is 199 Å². The molecule has 180 valence electrons. The van der Waals surface area contributed by atoms with E-state index in [1.165, 1.54) is 12.1 Å². The number of hydrogen-bond donors (Lipinski definition) is 1. The first-order valence-electron chi connectivity index (χ1n) is 11.1. The Hall–Kier alpha value is -2.39. The normalized spacial score (nSPS) is 14.7. The van der Waals surface area contributed by atoms with Gasteiger partial charge in [0.1, 0.15) is 11.6 Å². The molecule has 1 amide bonds. The van der Waals surface area contributed by atoms with Crippen molar-refractivity contribution in [3.8, 4) is 5.75 Å². The topological polar surface area (TPSA) is 63.3 Å². The fourth-order valence-corrected chi connectivity index (χ4v) is 3.85. The molecule has 9 heteroatoms. The van der Waals surface area contributed by atoms with Crippen molar-refractivity contribution in [3.05, 3.63) is 52.8 Å². The van der Waals surface area contributed by atoms with Crippen LogP contribution in [-0.4, -0.2) is 70.6 Å². The zero-order chi connectivity index (χ0) is 23.6. The lowest BCUT2D eigenvalue weighted by Crippen LogP contribution is -2.31. The van der Waals surface area contributed by atoms with Gasteiger partial charge in [-0.15, -0.1) is 0 Å². The molecule has 1 N–H and O–H groups in total. The highest BCUT2D eigenvalue weighted by atomic mass is 35.5. The summed E-state index contributed by atoms with van der Waals surface area (Å²) in [5.41, 5.74) is 1.13. The van der Waals surface area contributed by atoms with Crippen molar-refractivity contribution in [2.75, 3.05) is 70.1 Å². The van der Waals surface area contributed by atoms with Gasteiger partial charge in [-0.3, -0.25) is 4.79 Å². The molecule has 0 radical (unpaired) electrons. The van der Waals surface area contributed by atoms with E-state index in [1.807, 2.05) is 0 Å². The maximum Gasteiger partial charge on any atom is 0.259 e.